The number of nitrogens with zero attached hydrogens (tertiary/aromatic N) is 6. The highest BCUT2D eigenvalue weighted by molar-refractivity contribution is 5.77. The predicted molar refractivity (Wildman–Crippen MR) is 94.2 cm³/mol. The summed E-state index contributed by atoms with van der Waals surface area (Å²) in [5, 5.41) is 4.27. The van der Waals surface area contributed by atoms with Gasteiger partial charge in [-0.3, -0.25) is 4.79 Å². The van der Waals surface area contributed by atoms with Crippen LogP contribution in [0.1, 0.15) is 31.4 Å². The largest absolute Gasteiger partial charge is 0.353 e. The van der Waals surface area contributed by atoms with Crippen LogP contribution in [0, 0.1) is 12.8 Å². The van der Waals surface area contributed by atoms with Gasteiger partial charge < -0.3 is 15.5 Å². The van der Waals surface area contributed by atoms with Crippen LogP contribution in [0.3, 0.4) is 0 Å². The number of carbonyl (C=O) groups excluding carboxylic acids is 1. The minimum atomic E-state index is 0.200. The summed E-state index contributed by atoms with van der Waals surface area (Å²) in [5.41, 5.74) is 7.03. The predicted octanol–water partition coefficient (Wildman–Crippen LogP) is 0.599. The normalized spacial score (nSPS) is 24.2. The number of amides is 1. The van der Waals surface area contributed by atoms with E-state index in [1.165, 1.54) is 6.33 Å². The van der Waals surface area contributed by atoms with E-state index in [9.17, 15) is 4.79 Å². The number of nitrogens with two attached hydrogens (primary N) is 1. The molecule has 25 heavy (non-hydrogen) atoms. The van der Waals surface area contributed by atoms with E-state index in [1.54, 1.807) is 4.52 Å². The summed E-state index contributed by atoms with van der Waals surface area (Å²) in [7, 11) is 0. The van der Waals surface area contributed by atoms with Crippen molar-refractivity contribution in [1.29, 1.82) is 0 Å². The van der Waals surface area contributed by atoms with Crippen molar-refractivity contribution in [1.82, 2.24) is 24.5 Å². The van der Waals surface area contributed by atoms with E-state index in [4.69, 9.17) is 5.73 Å². The maximum atomic E-state index is 12.6. The molecule has 4 rings (SSSR count). The molecule has 0 aromatic carbocycles. The van der Waals surface area contributed by atoms with E-state index in [0.717, 1.165) is 57.0 Å². The molecule has 2 aromatic heterocycles. The molecule has 134 valence electrons. The lowest BCUT2D eigenvalue weighted by Crippen LogP contribution is -2.50. The van der Waals surface area contributed by atoms with E-state index >= 15 is 0 Å². The quantitative estimate of drug-likeness (QED) is 0.877. The van der Waals surface area contributed by atoms with Gasteiger partial charge in [0.1, 0.15) is 12.1 Å². The molecule has 0 unspecified atom stereocenters. The first-order valence-corrected chi connectivity index (χ1v) is 9.07. The summed E-state index contributed by atoms with van der Waals surface area (Å²) in [6.45, 7) is 5.02. The van der Waals surface area contributed by atoms with Crippen LogP contribution in [-0.2, 0) is 4.79 Å². The zero-order valence-corrected chi connectivity index (χ0v) is 14.6. The number of aromatic nitrogens is 4. The standard InChI is InChI=1S/C17H25N7O/c1-12-9-15(24-17(21-12)19-11-20-24)22-5-7-23(8-6-22)16(25)10-13-3-2-4-14(13)18/h9,11,13-14H,2-8,10,18H2,1H3/t13-,14+/m0/s1. The third-order valence-corrected chi connectivity index (χ3v) is 5.47. The summed E-state index contributed by atoms with van der Waals surface area (Å²) in [4.78, 5) is 25.4. The van der Waals surface area contributed by atoms with Crippen molar-refractivity contribution in [3.63, 3.8) is 0 Å². The van der Waals surface area contributed by atoms with Gasteiger partial charge in [-0.15, -0.1) is 0 Å². The molecule has 8 heteroatoms. The molecule has 2 N–H and O–H groups in total. The lowest BCUT2D eigenvalue weighted by Gasteiger charge is -2.36. The van der Waals surface area contributed by atoms with Crippen molar-refractivity contribution in [3.8, 4) is 0 Å². The van der Waals surface area contributed by atoms with Gasteiger partial charge >= 0.3 is 0 Å². The van der Waals surface area contributed by atoms with Crippen molar-refractivity contribution >= 4 is 17.5 Å². The molecule has 1 saturated carbocycles. The van der Waals surface area contributed by atoms with Crippen LogP contribution in [0.15, 0.2) is 12.4 Å². The molecule has 1 aliphatic carbocycles. The van der Waals surface area contributed by atoms with E-state index in [2.05, 4.69) is 20.0 Å². The van der Waals surface area contributed by atoms with E-state index in [-0.39, 0.29) is 11.9 Å². The summed E-state index contributed by atoms with van der Waals surface area (Å²) >= 11 is 0. The fourth-order valence-corrected chi connectivity index (χ4v) is 3.99. The Balaban J connectivity index is 1.41. The smallest absolute Gasteiger partial charge is 0.254 e. The molecule has 8 nitrogen and oxygen atoms in total. The summed E-state index contributed by atoms with van der Waals surface area (Å²) < 4.78 is 1.77. The van der Waals surface area contributed by atoms with Crippen molar-refractivity contribution in [2.45, 2.75) is 38.6 Å². The number of anilines is 1. The van der Waals surface area contributed by atoms with Gasteiger partial charge in [0.15, 0.2) is 0 Å². The summed E-state index contributed by atoms with van der Waals surface area (Å²) in [5.74, 6) is 2.22. The molecule has 1 aliphatic heterocycles. The van der Waals surface area contributed by atoms with E-state index in [1.807, 2.05) is 17.9 Å². The SMILES string of the molecule is Cc1cc(N2CCN(C(=O)C[C@@H]3CCC[C@H]3N)CC2)n2ncnc2n1. The number of hydrogen-bond donors (Lipinski definition) is 1. The van der Waals surface area contributed by atoms with Crippen molar-refractivity contribution in [2.75, 3.05) is 31.1 Å². The van der Waals surface area contributed by atoms with Gasteiger partial charge in [0.05, 0.1) is 0 Å². The monoisotopic (exact) mass is 343 g/mol. The summed E-state index contributed by atoms with van der Waals surface area (Å²) in [6.07, 6.45) is 5.43. The maximum absolute atomic E-state index is 12.6. The molecular weight excluding hydrogens is 318 g/mol. The Morgan fingerprint density at radius 3 is 2.80 bits per heavy atom. The molecule has 0 radical (unpaired) electrons. The molecule has 1 amide bonds. The number of carbonyl (C=O) groups is 1. The minimum Gasteiger partial charge on any atom is -0.353 e. The highest BCUT2D eigenvalue weighted by Gasteiger charge is 2.29. The Labute approximate surface area is 147 Å². The van der Waals surface area contributed by atoms with Gasteiger partial charge in [0, 0.05) is 50.4 Å². The Morgan fingerprint density at radius 1 is 1.28 bits per heavy atom. The molecule has 0 bridgehead atoms. The molecule has 3 heterocycles. The molecule has 2 fully saturated rings. The molecule has 2 aromatic rings. The van der Waals surface area contributed by atoms with Crippen LogP contribution in [0.5, 0.6) is 0 Å². The first kappa shape index (κ1) is 16.3. The summed E-state index contributed by atoms with van der Waals surface area (Å²) in [6, 6.07) is 2.22. The maximum Gasteiger partial charge on any atom is 0.254 e. The minimum absolute atomic E-state index is 0.200. The van der Waals surface area contributed by atoms with Crippen LogP contribution >= 0.6 is 0 Å². The average Bonchev–Trinajstić information content (AvgIpc) is 3.23. The zero-order valence-electron chi connectivity index (χ0n) is 14.6. The number of fused-ring (bicyclic) bond motifs is 1. The second-order valence-electron chi connectivity index (χ2n) is 7.15. The highest BCUT2D eigenvalue weighted by Crippen LogP contribution is 2.27. The fourth-order valence-electron chi connectivity index (χ4n) is 3.99. The van der Waals surface area contributed by atoms with Crippen LogP contribution in [0.4, 0.5) is 5.82 Å². The number of piperazine rings is 1. The van der Waals surface area contributed by atoms with Crippen molar-refractivity contribution in [3.05, 3.63) is 18.1 Å². The van der Waals surface area contributed by atoms with Crippen LogP contribution in [0.25, 0.3) is 5.78 Å². The third kappa shape index (κ3) is 3.18. The Bertz CT molecular complexity index is 765. The van der Waals surface area contributed by atoms with Gasteiger partial charge in [-0.05, 0) is 25.7 Å². The van der Waals surface area contributed by atoms with Crippen LogP contribution in [-0.4, -0.2) is 62.6 Å². The number of aryl methyl sites for hydroxylation is 1. The Kier molecular flexibility index (Phi) is 4.29. The molecule has 2 aliphatic rings. The topological polar surface area (TPSA) is 92.7 Å². The third-order valence-electron chi connectivity index (χ3n) is 5.47. The van der Waals surface area contributed by atoms with Crippen molar-refractivity contribution < 1.29 is 4.79 Å². The number of rotatable bonds is 3. The van der Waals surface area contributed by atoms with Gasteiger partial charge in [0.25, 0.3) is 5.78 Å². The molecule has 1 saturated heterocycles. The molecule has 0 spiro atoms. The van der Waals surface area contributed by atoms with Gasteiger partial charge in [-0.1, -0.05) is 6.42 Å². The van der Waals surface area contributed by atoms with E-state index in [0.29, 0.717) is 18.1 Å². The Morgan fingerprint density at radius 2 is 2.08 bits per heavy atom. The first-order valence-electron chi connectivity index (χ1n) is 9.07. The average molecular weight is 343 g/mol. The highest BCUT2D eigenvalue weighted by atomic mass is 16.2. The lowest BCUT2D eigenvalue weighted by atomic mass is 9.99. The van der Waals surface area contributed by atoms with E-state index < -0.39 is 0 Å². The molecule has 2 atom stereocenters. The second-order valence-corrected chi connectivity index (χ2v) is 7.15. The van der Waals surface area contributed by atoms with Gasteiger partial charge in [-0.25, -0.2) is 4.98 Å². The van der Waals surface area contributed by atoms with Gasteiger partial charge in [-0.2, -0.15) is 14.6 Å². The lowest BCUT2D eigenvalue weighted by molar-refractivity contribution is -0.132. The first-order chi connectivity index (χ1) is 12.1. The second kappa shape index (κ2) is 6.59. The Hall–Kier alpha value is -2.22. The number of hydrogen-bond acceptors (Lipinski definition) is 6. The van der Waals surface area contributed by atoms with Crippen LogP contribution in [0.2, 0.25) is 0 Å². The zero-order chi connectivity index (χ0) is 17.4. The van der Waals surface area contributed by atoms with Gasteiger partial charge in [0.2, 0.25) is 5.91 Å². The van der Waals surface area contributed by atoms with Crippen LogP contribution < -0.4 is 10.6 Å². The van der Waals surface area contributed by atoms with Crippen molar-refractivity contribution in [2.24, 2.45) is 11.7 Å². The molecular formula is C17H25N7O. The fraction of sp³-hybridized carbons (Fsp3) is 0.647.